The van der Waals surface area contributed by atoms with E-state index >= 15 is 0 Å². The van der Waals surface area contributed by atoms with Gasteiger partial charge in [0.15, 0.2) is 0 Å². The largest absolute Gasteiger partial charge is 0.492 e. The maximum absolute atomic E-state index is 11.8. The van der Waals surface area contributed by atoms with Gasteiger partial charge in [0, 0.05) is 5.69 Å². The number of rotatable bonds is 6. The van der Waals surface area contributed by atoms with Crippen LogP contribution in [0.25, 0.3) is 0 Å². The van der Waals surface area contributed by atoms with Crippen LogP contribution < -0.4 is 15.4 Å². The highest BCUT2D eigenvalue weighted by molar-refractivity contribution is 5.89. The molecule has 2 aromatic carbocycles. The van der Waals surface area contributed by atoms with E-state index in [0.29, 0.717) is 30.3 Å². The molecule has 0 saturated heterocycles. The summed E-state index contributed by atoms with van der Waals surface area (Å²) in [6.45, 7) is 5.05. The fraction of sp³-hybridized carbons (Fsp3) is 0.263. The summed E-state index contributed by atoms with van der Waals surface area (Å²) >= 11 is 0. The van der Waals surface area contributed by atoms with Gasteiger partial charge in [-0.15, -0.1) is 0 Å². The molecule has 0 aromatic heterocycles. The number of benzene rings is 2. The molecule has 0 aliphatic carbocycles. The van der Waals surface area contributed by atoms with Crippen molar-refractivity contribution in [3.05, 3.63) is 59.7 Å². The number of urea groups is 1. The summed E-state index contributed by atoms with van der Waals surface area (Å²) in [7, 11) is 0. The minimum atomic E-state index is -0.330. The first-order valence-electron chi connectivity index (χ1n) is 7.86. The topological polar surface area (TPSA) is 74.2 Å². The quantitative estimate of drug-likeness (QED) is 0.792. The van der Waals surface area contributed by atoms with Crippen LogP contribution in [-0.4, -0.2) is 19.2 Å². The molecule has 0 unspecified atom stereocenters. The van der Waals surface area contributed by atoms with Crippen LogP contribution in [0.5, 0.6) is 5.75 Å². The molecule has 0 heterocycles. The van der Waals surface area contributed by atoms with Gasteiger partial charge >= 0.3 is 6.03 Å². The van der Waals surface area contributed by atoms with Crippen molar-refractivity contribution in [3.8, 4) is 11.8 Å². The number of carbonyl (C=O) groups is 1. The Morgan fingerprint density at radius 2 is 1.96 bits per heavy atom. The highest BCUT2D eigenvalue weighted by atomic mass is 16.5. The van der Waals surface area contributed by atoms with Crippen molar-refractivity contribution in [1.82, 2.24) is 5.32 Å². The summed E-state index contributed by atoms with van der Waals surface area (Å²) in [6.07, 6.45) is 0. The molecule has 0 spiro atoms. The van der Waals surface area contributed by atoms with E-state index in [-0.39, 0.29) is 6.03 Å². The Bertz CT molecular complexity index is 718. The first kappa shape index (κ1) is 17.4. The number of anilines is 1. The molecule has 24 heavy (non-hydrogen) atoms. The van der Waals surface area contributed by atoms with E-state index in [9.17, 15) is 4.79 Å². The number of hydrogen-bond donors (Lipinski definition) is 2. The lowest BCUT2D eigenvalue weighted by atomic mass is 10.0. The normalized spacial score (nSPS) is 10.1. The maximum atomic E-state index is 11.8. The zero-order chi connectivity index (χ0) is 17.4. The number of ether oxygens (including phenoxy) is 1. The first-order valence-corrected chi connectivity index (χ1v) is 7.86. The highest BCUT2D eigenvalue weighted by Crippen LogP contribution is 2.18. The maximum Gasteiger partial charge on any atom is 0.319 e. The summed E-state index contributed by atoms with van der Waals surface area (Å²) in [5.41, 5.74) is 2.34. The molecule has 0 aliphatic heterocycles. The molecule has 0 radical (unpaired) electrons. The van der Waals surface area contributed by atoms with Gasteiger partial charge < -0.3 is 15.4 Å². The first-order chi connectivity index (χ1) is 11.6. The van der Waals surface area contributed by atoms with E-state index < -0.39 is 0 Å². The molecule has 2 N–H and O–H groups in total. The Hall–Kier alpha value is -3.00. The second kappa shape index (κ2) is 8.59. The predicted molar refractivity (Wildman–Crippen MR) is 94.2 cm³/mol. The van der Waals surface area contributed by atoms with Crippen LogP contribution in [0.1, 0.15) is 30.9 Å². The van der Waals surface area contributed by atoms with Crippen molar-refractivity contribution in [2.24, 2.45) is 0 Å². The van der Waals surface area contributed by atoms with Gasteiger partial charge in [-0.2, -0.15) is 5.26 Å². The van der Waals surface area contributed by atoms with Crippen LogP contribution in [0.2, 0.25) is 0 Å². The number of carbonyl (C=O) groups excluding carboxylic acids is 1. The van der Waals surface area contributed by atoms with Gasteiger partial charge in [0.05, 0.1) is 18.2 Å². The SMILES string of the molecule is CC(C)c1ccc(OCCNC(=O)Nc2cccc(C#N)c2)cc1. The Kier molecular flexibility index (Phi) is 6.21. The Balaban J connectivity index is 1.71. The van der Waals surface area contributed by atoms with E-state index in [1.807, 2.05) is 30.3 Å². The van der Waals surface area contributed by atoms with Crippen LogP contribution in [0.15, 0.2) is 48.5 Å². The molecule has 0 saturated carbocycles. The monoisotopic (exact) mass is 323 g/mol. The van der Waals surface area contributed by atoms with Crippen molar-refractivity contribution in [2.45, 2.75) is 19.8 Å². The molecule has 2 amide bonds. The second-order valence-corrected chi connectivity index (χ2v) is 5.65. The molecule has 0 fully saturated rings. The van der Waals surface area contributed by atoms with Gasteiger partial charge in [0.2, 0.25) is 0 Å². The van der Waals surface area contributed by atoms with Crippen LogP contribution >= 0.6 is 0 Å². The third kappa shape index (κ3) is 5.33. The fourth-order valence-corrected chi connectivity index (χ4v) is 2.12. The van der Waals surface area contributed by atoms with Crippen LogP contribution in [0.4, 0.5) is 10.5 Å². The van der Waals surface area contributed by atoms with Gasteiger partial charge in [-0.1, -0.05) is 32.0 Å². The molecule has 0 bridgehead atoms. The summed E-state index contributed by atoms with van der Waals surface area (Å²) < 4.78 is 5.59. The fourth-order valence-electron chi connectivity index (χ4n) is 2.12. The molecule has 2 rings (SSSR count). The third-order valence-electron chi connectivity index (χ3n) is 3.45. The minimum Gasteiger partial charge on any atom is -0.492 e. The number of nitrogens with zero attached hydrogens (tertiary/aromatic N) is 1. The molecule has 5 heteroatoms. The molecule has 124 valence electrons. The van der Waals surface area contributed by atoms with Crippen LogP contribution in [-0.2, 0) is 0 Å². The van der Waals surface area contributed by atoms with Gasteiger partial charge in [-0.25, -0.2) is 4.79 Å². The van der Waals surface area contributed by atoms with Gasteiger partial charge in [-0.05, 0) is 41.8 Å². The van der Waals surface area contributed by atoms with Crippen molar-refractivity contribution in [3.63, 3.8) is 0 Å². The molecule has 2 aromatic rings. The molecule has 5 nitrogen and oxygen atoms in total. The minimum absolute atomic E-state index is 0.330. The van der Waals surface area contributed by atoms with Gasteiger partial charge in [-0.3, -0.25) is 0 Å². The van der Waals surface area contributed by atoms with Crippen LogP contribution in [0.3, 0.4) is 0 Å². The third-order valence-corrected chi connectivity index (χ3v) is 3.45. The lowest BCUT2D eigenvalue weighted by molar-refractivity contribution is 0.247. The number of nitriles is 1. The zero-order valence-electron chi connectivity index (χ0n) is 13.9. The standard InChI is InChI=1S/C19H21N3O2/c1-14(2)16-6-8-18(9-7-16)24-11-10-21-19(23)22-17-5-3-4-15(12-17)13-20/h3-9,12,14H,10-11H2,1-2H3,(H2,21,22,23). The van der Waals surface area contributed by atoms with Crippen molar-refractivity contribution < 1.29 is 9.53 Å². The van der Waals surface area contributed by atoms with Gasteiger partial charge in [0.1, 0.15) is 12.4 Å². The molecular weight excluding hydrogens is 302 g/mol. The average Bonchev–Trinajstić information content (AvgIpc) is 2.59. The molecular formula is C19H21N3O2. The van der Waals surface area contributed by atoms with Crippen molar-refractivity contribution in [1.29, 1.82) is 5.26 Å². The van der Waals surface area contributed by atoms with E-state index in [1.165, 1.54) is 5.56 Å². The van der Waals surface area contributed by atoms with Crippen LogP contribution in [0, 0.1) is 11.3 Å². The Morgan fingerprint density at radius 3 is 2.62 bits per heavy atom. The molecule has 0 atom stereocenters. The van der Waals surface area contributed by atoms with E-state index in [2.05, 4.69) is 24.5 Å². The number of nitrogens with one attached hydrogen (secondary N) is 2. The second-order valence-electron chi connectivity index (χ2n) is 5.65. The van der Waals surface area contributed by atoms with E-state index in [1.54, 1.807) is 24.3 Å². The summed E-state index contributed by atoms with van der Waals surface area (Å²) in [5, 5.41) is 14.2. The zero-order valence-corrected chi connectivity index (χ0v) is 13.9. The van der Waals surface area contributed by atoms with Gasteiger partial charge in [0.25, 0.3) is 0 Å². The lowest BCUT2D eigenvalue weighted by Gasteiger charge is -2.10. The van der Waals surface area contributed by atoms with E-state index in [0.717, 1.165) is 5.75 Å². The average molecular weight is 323 g/mol. The predicted octanol–water partition coefficient (Wildman–Crippen LogP) is 3.88. The Morgan fingerprint density at radius 1 is 1.21 bits per heavy atom. The van der Waals surface area contributed by atoms with Crippen molar-refractivity contribution in [2.75, 3.05) is 18.5 Å². The van der Waals surface area contributed by atoms with Crippen molar-refractivity contribution >= 4 is 11.7 Å². The number of amides is 2. The molecule has 0 aliphatic rings. The number of hydrogen-bond acceptors (Lipinski definition) is 3. The summed E-state index contributed by atoms with van der Waals surface area (Å²) in [6, 6.07) is 16.4. The summed E-state index contributed by atoms with van der Waals surface area (Å²) in [5.74, 6) is 1.27. The smallest absolute Gasteiger partial charge is 0.319 e. The van der Waals surface area contributed by atoms with E-state index in [4.69, 9.17) is 10.00 Å². The Labute approximate surface area is 142 Å². The summed E-state index contributed by atoms with van der Waals surface area (Å²) in [4.78, 5) is 11.8. The lowest BCUT2D eigenvalue weighted by Crippen LogP contribution is -2.32. The highest BCUT2D eigenvalue weighted by Gasteiger charge is 2.03.